The highest BCUT2D eigenvalue weighted by Crippen LogP contribution is 2.47. The number of fused-ring (bicyclic) bond motifs is 2. The molecule has 53 heavy (non-hydrogen) atoms. The molecule has 0 amide bonds. The largest absolute Gasteiger partial charge is 0.462 e. The number of allylic oxidation sites excluding steroid dienone is 2. The molecule has 12 nitrogen and oxygen atoms in total. The third kappa shape index (κ3) is 7.98. The molecule has 0 aromatic rings. The summed E-state index contributed by atoms with van der Waals surface area (Å²) in [6.45, 7) is 14.3. The second-order valence-electron chi connectivity index (χ2n) is 16.4. The van der Waals surface area contributed by atoms with Crippen LogP contribution in [0.4, 0.5) is 0 Å². The van der Waals surface area contributed by atoms with Crippen LogP contribution in [-0.4, -0.2) is 107 Å². The number of esters is 1. The van der Waals surface area contributed by atoms with E-state index in [0.29, 0.717) is 55.1 Å². The zero-order valence-corrected chi connectivity index (χ0v) is 32.6. The number of rotatable bonds is 5. The molecule has 1 spiro atoms. The van der Waals surface area contributed by atoms with Gasteiger partial charge in [-0.05, 0) is 62.2 Å². The Kier molecular flexibility index (Phi) is 12.4. The van der Waals surface area contributed by atoms with Gasteiger partial charge in [0.25, 0.3) is 0 Å². The van der Waals surface area contributed by atoms with Crippen LogP contribution in [0.3, 0.4) is 0 Å². The van der Waals surface area contributed by atoms with E-state index in [4.69, 9.17) is 33.2 Å². The number of oxime groups is 1. The van der Waals surface area contributed by atoms with Crippen molar-refractivity contribution in [1.29, 1.82) is 0 Å². The van der Waals surface area contributed by atoms with Crippen molar-refractivity contribution < 1.29 is 53.4 Å². The molecule has 15 atom stereocenters. The van der Waals surface area contributed by atoms with Crippen LogP contribution in [0.25, 0.3) is 0 Å². The Morgan fingerprint density at radius 2 is 1.91 bits per heavy atom. The summed E-state index contributed by atoms with van der Waals surface area (Å²) in [5, 5.41) is 36.5. The molecule has 0 aromatic carbocycles. The van der Waals surface area contributed by atoms with E-state index in [1.165, 1.54) is 0 Å². The van der Waals surface area contributed by atoms with Crippen LogP contribution in [0.2, 0.25) is 0 Å². The summed E-state index contributed by atoms with van der Waals surface area (Å²) in [6.07, 6.45) is 9.07. The molecule has 12 heteroatoms. The van der Waals surface area contributed by atoms with Crippen molar-refractivity contribution in [2.45, 2.75) is 160 Å². The highest BCUT2D eigenvalue weighted by Gasteiger charge is 2.60. The molecule has 2 bridgehead atoms. The molecular formula is C41H61NO11. The fraction of sp³-hybridized carbons (Fsp3) is 0.756. The average molecular weight is 744 g/mol. The average Bonchev–Trinajstić information content (AvgIpc) is 3.46. The fourth-order valence-corrected chi connectivity index (χ4v) is 9.26. The Morgan fingerprint density at radius 1 is 1.13 bits per heavy atom. The lowest BCUT2D eigenvalue weighted by atomic mass is 9.71. The van der Waals surface area contributed by atoms with E-state index in [0.717, 1.165) is 18.4 Å². The molecule has 15 unspecified atom stereocenters. The van der Waals surface area contributed by atoms with Gasteiger partial charge < -0.3 is 48.6 Å². The second-order valence-corrected chi connectivity index (χ2v) is 16.4. The van der Waals surface area contributed by atoms with Gasteiger partial charge in [0, 0.05) is 38.7 Å². The predicted octanol–water partition coefficient (Wildman–Crippen LogP) is 5.54. The molecule has 1 aliphatic carbocycles. The summed E-state index contributed by atoms with van der Waals surface area (Å²) in [5.74, 6) is -2.07. The van der Waals surface area contributed by atoms with Gasteiger partial charge in [0.1, 0.15) is 35.5 Å². The van der Waals surface area contributed by atoms with Crippen molar-refractivity contribution in [3.05, 3.63) is 47.1 Å². The summed E-state index contributed by atoms with van der Waals surface area (Å²) in [7, 11) is 1.58. The molecule has 6 aliphatic rings. The van der Waals surface area contributed by atoms with E-state index in [1.54, 1.807) is 26.2 Å². The van der Waals surface area contributed by atoms with Gasteiger partial charge in [-0.25, -0.2) is 0 Å². The molecule has 0 saturated carbocycles. The van der Waals surface area contributed by atoms with Gasteiger partial charge >= 0.3 is 5.97 Å². The Bertz CT molecular complexity index is 1490. The van der Waals surface area contributed by atoms with E-state index in [1.807, 2.05) is 26.0 Å². The predicted molar refractivity (Wildman–Crippen MR) is 196 cm³/mol. The zero-order valence-electron chi connectivity index (χ0n) is 32.6. The Labute approximate surface area is 314 Å². The number of methoxy groups -OCH3 is 1. The number of hydrogen-bond donors (Lipinski definition) is 3. The number of carbonyl (C=O) groups is 1. The first-order valence-corrected chi connectivity index (χ1v) is 19.6. The van der Waals surface area contributed by atoms with Gasteiger partial charge in [-0.15, -0.1) is 0 Å². The van der Waals surface area contributed by atoms with Crippen molar-refractivity contribution in [3.8, 4) is 0 Å². The van der Waals surface area contributed by atoms with E-state index in [-0.39, 0.29) is 30.4 Å². The van der Waals surface area contributed by atoms with Crippen molar-refractivity contribution in [2.24, 2.45) is 28.8 Å². The van der Waals surface area contributed by atoms with Crippen molar-refractivity contribution in [2.75, 3.05) is 13.7 Å². The van der Waals surface area contributed by atoms with Crippen molar-refractivity contribution in [1.82, 2.24) is 0 Å². The van der Waals surface area contributed by atoms with Crippen LogP contribution in [0, 0.1) is 23.7 Å². The van der Waals surface area contributed by atoms with Gasteiger partial charge in [0.2, 0.25) is 0 Å². The van der Waals surface area contributed by atoms with Gasteiger partial charge in [0.05, 0.1) is 37.1 Å². The molecule has 0 aromatic heterocycles. The van der Waals surface area contributed by atoms with Gasteiger partial charge in [-0.1, -0.05) is 69.7 Å². The molecule has 4 saturated heterocycles. The van der Waals surface area contributed by atoms with Crippen LogP contribution in [0.5, 0.6) is 0 Å². The molecule has 3 N–H and O–H groups in total. The highest BCUT2D eigenvalue weighted by molar-refractivity contribution is 6.06. The lowest BCUT2D eigenvalue weighted by molar-refractivity contribution is -0.340. The smallest absolute Gasteiger partial charge is 0.316 e. The van der Waals surface area contributed by atoms with Gasteiger partial charge in [-0.2, -0.15) is 0 Å². The molecular weight excluding hydrogens is 682 g/mol. The van der Waals surface area contributed by atoms with Crippen LogP contribution in [0.15, 0.2) is 52.3 Å². The zero-order chi connectivity index (χ0) is 38.2. The van der Waals surface area contributed by atoms with Crippen LogP contribution >= 0.6 is 0 Å². The lowest BCUT2D eigenvalue weighted by Crippen LogP contribution is -2.57. The van der Waals surface area contributed by atoms with E-state index in [9.17, 15) is 20.2 Å². The Morgan fingerprint density at radius 3 is 2.62 bits per heavy atom. The first kappa shape index (κ1) is 40.2. The maximum Gasteiger partial charge on any atom is 0.316 e. The molecule has 296 valence electrons. The number of aliphatic hydroxyl groups excluding tert-OH is 1. The van der Waals surface area contributed by atoms with Crippen LogP contribution in [-0.2, 0) is 38.0 Å². The summed E-state index contributed by atoms with van der Waals surface area (Å²) in [5.41, 5.74) is 0.322. The van der Waals surface area contributed by atoms with Gasteiger partial charge in [-0.3, -0.25) is 4.79 Å². The second kappa shape index (κ2) is 16.4. The number of carbonyl (C=O) groups excluding carboxylic acids is 1. The maximum absolute atomic E-state index is 14.3. The number of ether oxygens (including phenoxy) is 7. The van der Waals surface area contributed by atoms with E-state index in [2.05, 4.69) is 38.9 Å². The molecule has 5 heterocycles. The SMILES string of the molecule is CCC(C)C1OC2(CCC1C)CC1CC(C/C=C(\C)C(OC3CC(OC)C(O)C(C)O3)C(C)/C=C/C=C3\COC4/C(=N/O)C(C)=CC(C(=O)O1)C34O)O2. The highest BCUT2D eigenvalue weighted by atomic mass is 16.7. The number of aliphatic hydroxyl groups is 2. The van der Waals surface area contributed by atoms with E-state index >= 15 is 0 Å². The minimum atomic E-state index is -1.84. The summed E-state index contributed by atoms with van der Waals surface area (Å²) in [4.78, 5) is 14.3. The summed E-state index contributed by atoms with van der Waals surface area (Å²) >= 11 is 0. The van der Waals surface area contributed by atoms with E-state index < -0.39 is 66.2 Å². The quantitative estimate of drug-likeness (QED) is 0.141. The first-order valence-electron chi connectivity index (χ1n) is 19.6. The summed E-state index contributed by atoms with van der Waals surface area (Å²) in [6, 6.07) is 0. The standard InChI is InChI=1S/C41H61NO11/c1-9-22(2)37-25(5)15-16-40(53-37)20-30-18-29(52-40)14-13-24(4)36(51-33-19-32(47-8)35(43)27(7)49-33)23(3)11-10-12-28-21-48-38-34(42-46)26(6)17-31(39(44)50-30)41(28,38)45/h10-13,17,22-23,25,27,29-33,35-38,43,45-46H,9,14-16,18-21H2,1-8H3/b11-10+,24-13+,28-12+,42-34+. The van der Waals surface area contributed by atoms with Crippen molar-refractivity contribution >= 4 is 11.7 Å². The molecule has 4 fully saturated rings. The van der Waals surface area contributed by atoms with Crippen LogP contribution in [0.1, 0.15) is 93.4 Å². The molecule has 5 aliphatic heterocycles. The number of nitrogens with zero attached hydrogens (tertiary/aromatic N) is 1. The first-order chi connectivity index (χ1) is 25.2. The van der Waals surface area contributed by atoms with Crippen molar-refractivity contribution in [3.63, 3.8) is 0 Å². The Balaban J connectivity index is 1.39. The monoisotopic (exact) mass is 743 g/mol. The molecule has 0 radical (unpaired) electrons. The minimum Gasteiger partial charge on any atom is -0.462 e. The number of hydrogen-bond acceptors (Lipinski definition) is 12. The normalized spacial score (nSPS) is 47.8. The maximum atomic E-state index is 14.3. The Hall–Kier alpha value is -2.42. The fourth-order valence-electron chi connectivity index (χ4n) is 9.26. The van der Waals surface area contributed by atoms with Crippen LogP contribution < -0.4 is 0 Å². The third-order valence-corrected chi connectivity index (χ3v) is 12.6. The minimum absolute atomic E-state index is 0.00153. The summed E-state index contributed by atoms with van der Waals surface area (Å²) < 4.78 is 44.7. The lowest BCUT2D eigenvalue weighted by Gasteiger charge is -2.51. The van der Waals surface area contributed by atoms with Gasteiger partial charge in [0.15, 0.2) is 12.1 Å². The third-order valence-electron chi connectivity index (χ3n) is 12.6. The topological polar surface area (TPSA) is 155 Å². The molecule has 6 rings (SSSR count).